The predicted octanol–water partition coefficient (Wildman–Crippen LogP) is 0.387. The van der Waals surface area contributed by atoms with Gasteiger partial charge in [-0.2, -0.15) is 0 Å². The van der Waals surface area contributed by atoms with E-state index in [9.17, 15) is 0 Å². The van der Waals surface area contributed by atoms with Gasteiger partial charge in [-0.25, -0.2) is 0 Å². The Hall–Kier alpha value is -0.0800. The average Bonchev–Trinajstić information content (AvgIpc) is 2.12. The molecule has 0 aromatic heterocycles. The lowest BCUT2D eigenvalue weighted by Crippen LogP contribution is -2.36. The summed E-state index contributed by atoms with van der Waals surface area (Å²) >= 11 is 0. The van der Waals surface area contributed by atoms with Gasteiger partial charge in [-0.15, -0.1) is 0 Å². The third-order valence-electron chi connectivity index (χ3n) is 1.72. The summed E-state index contributed by atoms with van der Waals surface area (Å²) in [5, 5.41) is 0. The van der Waals surface area contributed by atoms with Gasteiger partial charge in [0.15, 0.2) is 0 Å². The molecule has 48 valence electrons. The lowest BCUT2D eigenvalue weighted by molar-refractivity contribution is 0.265. The lowest BCUT2D eigenvalue weighted by Gasteiger charge is -2.18. The van der Waals surface area contributed by atoms with Crippen molar-refractivity contribution < 1.29 is 0 Å². The van der Waals surface area contributed by atoms with Crippen molar-refractivity contribution in [3.63, 3.8) is 0 Å². The van der Waals surface area contributed by atoms with Crippen LogP contribution in [0.2, 0.25) is 0 Å². The minimum Gasteiger partial charge on any atom is -0.316 e. The van der Waals surface area contributed by atoms with Gasteiger partial charge in [0.05, 0.1) is 6.17 Å². The summed E-state index contributed by atoms with van der Waals surface area (Å²) in [5.41, 5.74) is 5.62. The smallest absolute Gasteiger partial charge is 0.0542 e. The molecule has 1 aliphatic heterocycles. The van der Waals surface area contributed by atoms with E-state index in [4.69, 9.17) is 5.73 Å². The Morgan fingerprint density at radius 3 is 2.12 bits per heavy atom. The van der Waals surface area contributed by atoms with Crippen molar-refractivity contribution in [3.05, 3.63) is 0 Å². The van der Waals surface area contributed by atoms with E-state index in [1.54, 1.807) is 0 Å². The van der Waals surface area contributed by atoms with Crippen LogP contribution in [0.25, 0.3) is 0 Å². The molecule has 0 aliphatic carbocycles. The van der Waals surface area contributed by atoms with Crippen molar-refractivity contribution in [1.29, 1.82) is 0 Å². The molecule has 1 rings (SSSR count). The minimum absolute atomic E-state index is 0.275. The third-order valence-corrected chi connectivity index (χ3v) is 1.72. The summed E-state index contributed by atoms with van der Waals surface area (Å²) in [6, 6.07) is 0. The Balaban J connectivity index is 2.24. The largest absolute Gasteiger partial charge is 0.316 e. The Kier molecular flexibility index (Phi) is 1.86. The zero-order valence-electron chi connectivity index (χ0n) is 5.43. The van der Waals surface area contributed by atoms with Crippen molar-refractivity contribution in [2.45, 2.75) is 25.9 Å². The maximum absolute atomic E-state index is 5.62. The second-order valence-corrected chi connectivity index (χ2v) is 2.48. The van der Waals surface area contributed by atoms with Crippen LogP contribution in [-0.2, 0) is 0 Å². The molecule has 1 saturated heterocycles. The monoisotopic (exact) mass is 114 g/mol. The van der Waals surface area contributed by atoms with E-state index in [0.717, 1.165) is 0 Å². The van der Waals surface area contributed by atoms with Gasteiger partial charge < -0.3 is 5.73 Å². The van der Waals surface area contributed by atoms with Crippen LogP contribution < -0.4 is 5.73 Å². The second-order valence-electron chi connectivity index (χ2n) is 2.48. The molecule has 1 unspecified atom stereocenters. The molecule has 1 heterocycles. The van der Waals surface area contributed by atoms with Crippen molar-refractivity contribution in [2.24, 2.45) is 5.73 Å². The Morgan fingerprint density at radius 1 is 1.38 bits per heavy atom. The van der Waals surface area contributed by atoms with Crippen LogP contribution in [0, 0.1) is 0 Å². The topological polar surface area (TPSA) is 29.3 Å². The van der Waals surface area contributed by atoms with E-state index < -0.39 is 0 Å². The summed E-state index contributed by atoms with van der Waals surface area (Å²) in [4.78, 5) is 2.31. The fraction of sp³-hybridized carbons (Fsp3) is 1.00. The van der Waals surface area contributed by atoms with E-state index >= 15 is 0 Å². The van der Waals surface area contributed by atoms with Crippen LogP contribution in [0.15, 0.2) is 0 Å². The van der Waals surface area contributed by atoms with E-state index in [2.05, 4.69) is 4.90 Å². The van der Waals surface area contributed by atoms with Gasteiger partial charge in [-0.3, -0.25) is 4.90 Å². The van der Waals surface area contributed by atoms with Crippen molar-refractivity contribution in [2.75, 3.05) is 13.1 Å². The van der Waals surface area contributed by atoms with Crippen LogP contribution in [0.1, 0.15) is 19.8 Å². The van der Waals surface area contributed by atoms with Crippen molar-refractivity contribution in [1.82, 2.24) is 4.90 Å². The van der Waals surface area contributed by atoms with E-state index in [1.165, 1.54) is 25.9 Å². The number of hydrogen-bond acceptors (Lipinski definition) is 2. The molecule has 1 aliphatic rings. The van der Waals surface area contributed by atoms with Crippen molar-refractivity contribution in [3.8, 4) is 0 Å². The normalized spacial score (nSPS) is 26.2. The molecule has 1 fully saturated rings. The first-order valence-corrected chi connectivity index (χ1v) is 3.30. The van der Waals surface area contributed by atoms with Gasteiger partial charge >= 0.3 is 0 Å². The molecule has 0 aromatic rings. The van der Waals surface area contributed by atoms with E-state index in [0.29, 0.717) is 0 Å². The lowest BCUT2D eigenvalue weighted by atomic mass is 10.4. The molecule has 0 saturated carbocycles. The van der Waals surface area contributed by atoms with Crippen molar-refractivity contribution >= 4 is 0 Å². The number of likely N-dealkylation sites (tertiary alicyclic amines) is 1. The number of hydrogen-bond donors (Lipinski definition) is 1. The number of nitrogens with two attached hydrogens (primary N) is 1. The molecule has 0 radical (unpaired) electrons. The standard InChI is InChI=1S/C6H14N2/c1-6(7)8-4-2-3-5-8/h6H,2-5,7H2,1H3. The first kappa shape index (κ1) is 6.05. The van der Waals surface area contributed by atoms with E-state index in [1.807, 2.05) is 6.92 Å². The molecule has 0 aromatic carbocycles. The van der Waals surface area contributed by atoms with Gasteiger partial charge in [0.1, 0.15) is 0 Å². The van der Waals surface area contributed by atoms with Gasteiger partial charge in [0.2, 0.25) is 0 Å². The summed E-state index contributed by atoms with van der Waals surface area (Å²) in [7, 11) is 0. The fourth-order valence-corrected chi connectivity index (χ4v) is 1.15. The van der Waals surface area contributed by atoms with Crippen LogP contribution in [0.4, 0.5) is 0 Å². The molecule has 1 atom stereocenters. The van der Waals surface area contributed by atoms with Gasteiger partial charge in [0, 0.05) is 0 Å². The zero-order valence-corrected chi connectivity index (χ0v) is 5.43. The Labute approximate surface area is 50.7 Å². The van der Waals surface area contributed by atoms with Crippen LogP contribution >= 0.6 is 0 Å². The molecule has 2 N–H and O–H groups in total. The maximum atomic E-state index is 5.62. The fourth-order valence-electron chi connectivity index (χ4n) is 1.15. The highest BCUT2D eigenvalue weighted by atomic mass is 15.2. The van der Waals surface area contributed by atoms with Gasteiger partial charge in [-0.1, -0.05) is 0 Å². The Bertz CT molecular complexity index is 64.9. The minimum atomic E-state index is 0.275. The van der Waals surface area contributed by atoms with Crippen LogP contribution in [0.5, 0.6) is 0 Å². The van der Waals surface area contributed by atoms with E-state index in [-0.39, 0.29) is 6.17 Å². The first-order valence-electron chi connectivity index (χ1n) is 3.30. The summed E-state index contributed by atoms with van der Waals surface area (Å²) in [6.07, 6.45) is 2.95. The second kappa shape index (κ2) is 2.46. The average molecular weight is 114 g/mol. The first-order chi connectivity index (χ1) is 3.80. The molecular weight excluding hydrogens is 100 g/mol. The summed E-state index contributed by atoms with van der Waals surface area (Å²) in [5.74, 6) is 0. The number of rotatable bonds is 1. The summed E-state index contributed by atoms with van der Waals surface area (Å²) in [6.45, 7) is 4.46. The highest BCUT2D eigenvalue weighted by Crippen LogP contribution is 2.07. The van der Waals surface area contributed by atoms with Crippen LogP contribution in [-0.4, -0.2) is 24.2 Å². The molecule has 0 bridgehead atoms. The molecule has 0 spiro atoms. The molecule has 8 heavy (non-hydrogen) atoms. The summed E-state index contributed by atoms with van der Waals surface area (Å²) < 4.78 is 0. The molecule has 0 amide bonds. The van der Waals surface area contributed by atoms with Gasteiger partial charge in [-0.05, 0) is 32.9 Å². The Morgan fingerprint density at radius 2 is 1.88 bits per heavy atom. The molecule has 2 nitrogen and oxygen atoms in total. The maximum Gasteiger partial charge on any atom is 0.0542 e. The highest BCUT2D eigenvalue weighted by molar-refractivity contribution is 4.67. The quantitative estimate of drug-likeness (QED) is 0.534. The SMILES string of the molecule is CC(N)N1CCCC1. The zero-order chi connectivity index (χ0) is 5.98. The highest BCUT2D eigenvalue weighted by Gasteiger charge is 2.13. The van der Waals surface area contributed by atoms with Gasteiger partial charge in [0.25, 0.3) is 0 Å². The third kappa shape index (κ3) is 1.20. The predicted molar refractivity (Wildman–Crippen MR) is 34.5 cm³/mol. The molecule has 2 heteroatoms. The molecular formula is C6H14N2. The van der Waals surface area contributed by atoms with Crippen LogP contribution in [0.3, 0.4) is 0 Å². The number of nitrogens with zero attached hydrogens (tertiary/aromatic N) is 1.